The molecule has 0 radical (unpaired) electrons. The molecule has 2 unspecified atom stereocenters. The average molecular weight is 255 g/mol. The van der Waals surface area contributed by atoms with Crippen molar-refractivity contribution in [3.05, 3.63) is 24.3 Å². The standard InChI is InChI=1S/C11H17N3O2S/c12-10-2-1-3-11(10)14-8-4-6-9(7-5-8)17(13,15)16/h4-7,10-11,14H,1-3,12H2,(H2,13,15,16). The van der Waals surface area contributed by atoms with Crippen LogP contribution in [0, 0.1) is 0 Å². The lowest BCUT2D eigenvalue weighted by atomic mass is 10.2. The van der Waals surface area contributed by atoms with E-state index in [1.54, 1.807) is 12.1 Å². The fourth-order valence-corrected chi connectivity index (χ4v) is 2.64. The lowest BCUT2D eigenvalue weighted by molar-refractivity contribution is 0.598. The van der Waals surface area contributed by atoms with Crippen molar-refractivity contribution in [1.82, 2.24) is 0 Å². The van der Waals surface area contributed by atoms with Crippen molar-refractivity contribution in [3.8, 4) is 0 Å². The molecule has 0 aromatic heterocycles. The Labute approximate surface area is 101 Å². The van der Waals surface area contributed by atoms with E-state index in [-0.39, 0.29) is 17.0 Å². The molecule has 1 fully saturated rings. The zero-order chi connectivity index (χ0) is 12.5. The van der Waals surface area contributed by atoms with Crippen molar-refractivity contribution in [2.24, 2.45) is 10.9 Å². The molecule has 5 nitrogen and oxygen atoms in total. The van der Waals surface area contributed by atoms with Crippen molar-refractivity contribution in [3.63, 3.8) is 0 Å². The first-order chi connectivity index (χ1) is 7.97. The third-order valence-corrected chi connectivity index (χ3v) is 4.03. The molecule has 0 aliphatic heterocycles. The lowest BCUT2D eigenvalue weighted by Crippen LogP contribution is -2.35. The van der Waals surface area contributed by atoms with Crippen molar-refractivity contribution in [2.75, 3.05) is 5.32 Å². The number of anilines is 1. The predicted octanol–water partition coefficient (Wildman–Crippen LogP) is 0.626. The van der Waals surface area contributed by atoms with Crippen molar-refractivity contribution in [2.45, 2.75) is 36.2 Å². The van der Waals surface area contributed by atoms with E-state index in [1.807, 2.05) is 0 Å². The maximum absolute atomic E-state index is 11.1. The molecule has 0 spiro atoms. The van der Waals surface area contributed by atoms with Crippen LogP contribution in [-0.4, -0.2) is 20.5 Å². The van der Waals surface area contributed by atoms with Crippen molar-refractivity contribution < 1.29 is 8.42 Å². The highest BCUT2D eigenvalue weighted by atomic mass is 32.2. The number of nitrogens with one attached hydrogen (secondary N) is 1. The highest BCUT2D eigenvalue weighted by Gasteiger charge is 2.23. The molecule has 1 aromatic carbocycles. The van der Waals surface area contributed by atoms with Gasteiger partial charge in [0, 0.05) is 17.8 Å². The molecule has 2 atom stereocenters. The third-order valence-electron chi connectivity index (χ3n) is 3.10. The van der Waals surface area contributed by atoms with Crippen LogP contribution in [0.5, 0.6) is 0 Å². The first-order valence-corrected chi connectivity index (χ1v) is 7.16. The molecule has 0 heterocycles. The summed E-state index contributed by atoms with van der Waals surface area (Å²) in [5.74, 6) is 0. The fourth-order valence-electron chi connectivity index (χ4n) is 2.12. The van der Waals surface area contributed by atoms with Gasteiger partial charge in [0.2, 0.25) is 10.0 Å². The van der Waals surface area contributed by atoms with Crippen molar-refractivity contribution in [1.29, 1.82) is 0 Å². The summed E-state index contributed by atoms with van der Waals surface area (Å²) in [6.45, 7) is 0. The van der Waals surface area contributed by atoms with Gasteiger partial charge in [-0.2, -0.15) is 0 Å². The van der Waals surface area contributed by atoms with Gasteiger partial charge in [0.1, 0.15) is 0 Å². The first-order valence-electron chi connectivity index (χ1n) is 5.62. The summed E-state index contributed by atoms with van der Waals surface area (Å²) in [6, 6.07) is 6.87. The summed E-state index contributed by atoms with van der Waals surface area (Å²) in [5.41, 5.74) is 6.82. The van der Waals surface area contributed by atoms with Crippen LogP contribution < -0.4 is 16.2 Å². The molecular weight excluding hydrogens is 238 g/mol. The van der Waals surface area contributed by atoms with E-state index in [4.69, 9.17) is 10.9 Å². The molecule has 0 saturated heterocycles. The van der Waals surface area contributed by atoms with Gasteiger partial charge < -0.3 is 11.1 Å². The molecule has 94 valence electrons. The number of hydrogen-bond donors (Lipinski definition) is 3. The van der Waals surface area contributed by atoms with Crippen LogP contribution >= 0.6 is 0 Å². The molecule has 6 heteroatoms. The van der Waals surface area contributed by atoms with Gasteiger partial charge in [-0.3, -0.25) is 0 Å². The molecule has 1 aromatic rings. The van der Waals surface area contributed by atoms with Gasteiger partial charge in [-0.25, -0.2) is 13.6 Å². The Morgan fingerprint density at radius 1 is 1.18 bits per heavy atom. The Morgan fingerprint density at radius 2 is 1.82 bits per heavy atom. The molecule has 1 aliphatic rings. The SMILES string of the molecule is NC1CCCC1Nc1ccc(S(N)(=O)=O)cc1. The van der Waals surface area contributed by atoms with E-state index in [9.17, 15) is 8.42 Å². The molecule has 5 N–H and O–H groups in total. The number of rotatable bonds is 3. The van der Waals surface area contributed by atoms with E-state index in [1.165, 1.54) is 12.1 Å². The number of sulfonamides is 1. The summed E-state index contributed by atoms with van der Waals surface area (Å²) in [4.78, 5) is 0.124. The van der Waals surface area contributed by atoms with Crippen LogP contribution in [0.3, 0.4) is 0 Å². The monoisotopic (exact) mass is 255 g/mol. The third kappa shape index (κ3) is 2.96. The van der Waals surface area contributed by atoms with Crippen molar-refractivity contribution >= 4 is 15.7 Å². The van der Waals surface area contributed by atoms with Crippen LogP contribution in [-0.2, 0) is 10.0 Å². The number of benzene rings is 1. The maximum Gasteiger partial charge on any atom is 0.238 e. The second-order valence-corrected chi connectivity index (χ2v) is 5.98. The summed E-state index contributed by atoms with van der Waals surface area (Å²) < 4.78 is 22.2. The summed E-state index contributed by atoms with van der Waals surface area (Å²) in [7, 11) is -3.61. The molecular formula is C11H17N3O2S. The van der Waals surface area contributed by atoms with E-state index < -0.39 is 10.0 Å². The first kappa shape index (κ1) is 12.3. The lowest BCUT2D eigenvalue weighted by Gasteiger charge is -2.18. The summed E-state index contributed by atoms with van der Waals surface area (Å²) >= 11 is 0. The quantitative estimate of drug-likeness (QED) is 0.737. The van der Waals surface area contributed by atoms with Gasteiger partial charge in [-0.05, 0) is 43.5 Å². The number of primary sulfonamides is 1. The Kier molecular flexibility index (Phi) is 3.37. The smallest absolute Gasteiger partial charge is 0.238 e. The minimum absolute atomic E-state index is 0.124. The Balaban J connectivity index is 2.08. The number of hydrogen-bond acceptors (Lipinski definition) is 4. The predicted molar refractivity (Wildman–Crippen MR) is 67.1 cm³/mol. The van der Waals surface area contributed by atoms with E-state index in [2.05, 4.69) is 5.32 Å². The second-order valence-electron chi connectivity index (χ2n) is 4.41. The van der Waals surface area contributed by atoms with E-state index in [0.29, 0.717) is 0 Å². The molecule has 0 bridgehead atoms. The minimum Gasteiger partial charge on any atom is -0.381 e. The van der Waals surface area contributed by atoms with E-state index >= 15 is 0 Å². The maximum atomic E-state index is 11.1. The second kappa shape index (κ2) is 4.64. The Morgan fingerprint density at radius 3 is 2.29 bits per heavy atom. The topological polar surface area (TPSA) is 98.2 Å². The molecule has 17 heavy (non-hydrogen) atoms. The zero-order valence-corrected chi connectivity index (χ0v) is 10.3. The van der Waals surface area contributed by atoms with Crippen LogP contribution in [0.2, 0.25) is 0 Å². The average Bonchev–Trinajstić information content (AvgIpc) is 2.64. The van der Waals surface area contributed by atoms with E-state index in [0.717, 1.165) is 24.9 Å². The Hall–Kier alpha value is -1.11. The molecule has 1 aliphatic carbocycles. The summed E-state index contributed by atoms with van der Waals surface area (Å²) in [5, 5.41) is 8.33. The van der Waals surface area contributed by atoms with Crippen LogP contribution in [0.15, 0.2) is 29.2 Å². The van der Waals surface area contributed by atoms with Gasteiger partial charge in [0.15, 0.2) is 0 Å². The zero-order valence-electron chi connectivity index (χ0n) is 9.46. The Bertz CT molecular complexity index is 484. The molecule has 0 amide bonds. The summed E-state index contributed by atoms with van der Waals surface area (Å²) in [6.07, 6.45) is 3.22. The number of nitrogens with two attached hydrogens (primary N) is 2. The molecule has 2 rings (SSSR count). The van der Waals surface area contributed by atoms with Gasteiger partial charge in [0.25, 0.3) is 0 Å². The largest absolute Gasteiger partial charge is 0.381 e. The van der Waals surface area contributed by atoms with Gasteiger partial charge in [-0.1, -0.05) is 0 Å². The molecule has 1 saturated carbocycles. The van der Waals surface area contributed by atoms with Gasteiger partial charge >= 0.3 is 0 Å². The van der Waals surface area contributed by atoms with Crippen LogP contribution in [0.4, 0.5) is 5.69 Å². The minimum atomic E-state index is -3.61. The van der Waals surface area contributed by atoms with Crippen LogP contribution in [0.25, 0.3) is 0 Å². The van der Waals surface area contributed by atoms with Gasteiger partial charge in [-0.15, -0.1) is 0 Å². The normalized spacial score (nSPS) is 24.8. The highest BCUT2D eigenvalue weighted by molar-refractivity contribution is 7.89. The fraction of sp³-hybridized carbons (Fsp3) is 0.455. The van der Waals surface area contributed by atoms with Gasteiger partial charge in [0.05, 0.1) is 4.90 Å². The highest BCUT2D eigenvalue weighted by Crippen LogP contribution is 2.22. The van der Waals surface area contributed by atoms with Crippen LogP contribution in [0.1, 0.15) is 19.3 Å².